The first kappa shape index (κ1) is 15.0. The molecule has 4 atom stereocenters. The van der Waals surface area contributed by atoms with Gasteiger partial charge in [-0.25, -0.2) is 0 Å². The van der Waals surface area contributed by atoms with Crippen LogP contribution < -0.4 is 5.32 Å². The molecule has 1 aliphatic rings. The van der Waals surface area contributed by atoms with Gasteiger partial charge in [0.05, 0.1) is 5.70 Å². The normalized spacial score (nSPS) is 32.3. The number of hydrogen-bond donors (Lipinski definition) is 1. The zero-order valence-electron chi connectivity index (χ0n) is 12.7. The molecule has 0 aliphatic heterocycles. The lowest BCUT2D eigenvalue weighted by atomic mass is 9.93. The van der Waals surface area contributed by atoms with E-state index in [4.69, 9.17) is 0 Å². The van der Waals surface area contributed by atoms with Crippen LogP contribution in [-0.4, -0.2) is 12.3 Å². The first-order chi connectivity index (χ1) is 8.47. The maximum atomic E-state index is 4.36. The molecule has 0 saturated heterocycles. The molecule has 1 saturated carbocycles. The minimum atomic E-state index is 0.607. The molecule has 2 heteroatoms. The molecule has 1 N–H and O–H groups in total. The van der Waals surface area contributed by atoms with E-state index in [-0.39, 0.29) is 0 Å². The summed E-state index contributed by atoms with van der Waals surface area (Å²) in [5, 5.41) is 3.55. The Morgan fingerprint density at radius 1 is 1.17 bits per heavy atom. The molecule has 0 bridgehead atoms. The molecule has 102 valence electrons. The molecule has 1 aliphatic carbocycles. The van der Waals surface area contributed by atoms with Crippen molar-refractivity contribution >= 4 is 6.21 Å². The van der Waals surface area contributed by atoms with E-state index in [0.717, 1.165) is 23.5 Å². The van der Waals surface area contributed by atoms with Crippen molar-refractivity contribution in [3.05, 3.63) is 23.5 Å². The maximum Gasteiger partial charge on any atom is 0.0626 e. The molecule has 0 radical (unpaired) electrons. The first-order valence-corrected chi connectivity index (χ1v) is 7.06. The number of aliphatic imine (C=N–C) groups is 1. The van der Waals surface area contributed by atoms with Crippen LogP contribution in [-0.2, 0) is 0 Å². The summed E-state index contributed by atoms with van der Waals surface area (Å²) in [5.41, 5.74) is 2.30. The van der Waals surface area contributed by atoms with Crippen molar-refractivity contribution in [2.24, 2.45) is 22.7 Å². The zero-order valence-corrected chi connectivity index (χ0v) is 12.7. The van der Waals surface area contributed by atoms with Crippen molar-refractivity contribution in [1.29, 1.82) is 0 Å². The van der Waals surface area contributed by atoms with Gasteiger partial charge in [0, 0.05) is 12.3 Å². The van der Waals surface area contributed by atoms with E-state index in [9.17, 15) is 0 Å². The highest BCUT2D eigenvalue weighted by Crippen LogP contribution is 2.36. The van der Waals surface area contributed by atoms with Gasteiger partial charge in [0.15, 0.2) is 0 Å². The van der Waals surface area contributed by atoms with E-state index in [0.29, 0.717) is 6.04 Å². The van der Waals surface area contributed by atoms with Gasteiger partial charge in [0.25, 0.3) is 0 Å². The predicted molar refractivity (Wildman–Crippen MR) is 80.7 cm³/mol. The first-order valence-electron chi connectivity index (χ1n) is 7.06. The van der Waals surface area contributed by atoms with Crippen molar-refractivity contribution in [3.63, 3.8) is 0 Å². The van der Waals surface area contributed by atoms with Crippen LogP contribution in [0.5, 0.6) is 0 Å². The second-order valence-corrected chi connectivity index (χ2v) is 5.81. The highest BCUT2D eigenvalue weighted by Gasteiger charge is 2.34. The van der Waals surface area contributed by atoms with Crippen LogP contribution in [0.2, 0.25) is 0 Å². The number of nitrogens with zero attached hydrogens (tertiary/aromatic N) is 1. The van der Waals surface area contributed by atoms with Gasteiger partial charge in [-0.05, 0) is 57.2 Å². The summed E-state index contributed by atoms with van der Waals surface area (Å²) in [6.45, 7) is 13.2. The van der Waals surface area contributed by atoms with Crippen LogP contribution in [0.15, 0.2) is 28.5 Å². The van der Waals surface area contributed by atoms with E-state index in [1.54, 1.807) is 0 Å². The SMILES string of the molecule is C/C=N\C(/C=C\NC1CC(C)C(C)C1C)=C(C)C. The highest BCUT2D eigenvalue weighted by molar-refractivity contribution is 5.56. The summed E-state index contributed by atoms with van der Waals surface area (Å²) in [5.74, 6) is 2.38. The van der Waals surface area contributed by atoms with Gasteiger partial charge in [-0.3, -0.25) is 4.99 Å². The third-order valence-corrected chi connectivity index (χ3v) is 4.32. The number of rotatable bonds is 4. The van der Waals surface area contributed by atoms with Gasteiger partial charge in [0.2, 0.25) is 0 Å². The Morgan fingerprint density at radius 2 is 1.83 bits per heavy atom. The second kappa shape index (κ2) is 6.77. The van der Waals surface area contributed by atoms with Crippen LogP contribution in [0.1, 0.15) is 48.0 Å². The van der Waals surface area contributed by atoms with Gasteiger partial charge in [-0.1, -0.05) is 26.3 Å². The largest absolute Gasteiger partial charge is 0.388 e. The standard InChI is InChI=1S/C16H28N2/c1-7-17-15(11(2)3)8-9-18-16-10-12(4)13(5)14(16)6/h7-9,12-14,16,18H,10H2,1-6H3/b9-8-,17-7-. The van der Waals surface area contributed by atoms with Gasteiger partial charge < -0.3 is 5.32 Å². The summed E-state index contributed by atoms with van der Waals surface area (Å²) in [4.78, 5) is 4.36. The summed E-state index contributed by atoms with van der Waals surface area (Å²) in [6, 6.07) is 0.607. The number of hydrogen-bond acceptors (Lipinski definition) is 2. The quantitative estimate of drug-likeness (QED) is 0.586. The van der Waals surface area contributed by atoms with Gasteiger partial charge >= 0.3 is 0 Å². The van der Waals surface area contributed by atoms with Crippen LogP contribution >= 0.6 is 0 Å². The van der Waals surface area contributed by atoms with Crippen LogP contribution in [0, 0.1) is 17.8 Å². The summed E-state index contributed by atoms with van der Waals surface area (Å²) >= 11 is 0. The summed E-state index contributed by atoms with van der Waals surface area (Å²) < 4.78 is 0. The number of nitrogens with one attached hydrogen (secondary N) is 1. The Labute approximate surface area is 112 Å². The second-order valence-electron chi connectivity index (χ2n) is 5.81. The smallest absolute Gasteiger partial charge is 0.0626 e. The van der Waals surface area contributed by atoms with E-state index in [2.05, 4.69) is 57.2 Å². The summed E-state index contributed by atoms with van der Waals surface area (Å²) in [6.07, 6.45) is 7.26. The fourth-order valence-corrected chi connectivity index (χ4v) is 2.66. The fraction of sp³-hybridized carbons (Fsp3) is 0.688. The van der Waals surface area contributed by atoms with Gasteiger partial charge in [0.1, 0.15) is 0 Å². The molecule has 0 aromatic rings. The lowest BCUT2D eigenvalue weighted by molar-refractivity contribution is 0.360. The topological polar surface area (TPSA) is 24.4 Å². The highest BCUT2D eigenvalue weighted by atomic mass is 14.9. The molecule has 0 spiro atoms. The van der Waals surface area contributed by atoms with E-state index < -0.39 is 0 Å². The van der Waals surface area contributed by atoms with Crippen molar-refractivity contribution in [1.82, 2.24) is 5.32 Å². The number of allylic oxidation sites excluding steroid dienone is 2. The molecule has 18 heavy (non-hydrogen) atoms. The molecule has 2 nitrogen and oxygen atoms in total. The Bertz CT molecular complexity index is 348. The monoisotopic (exact) mass is 248 g/mol. The van der Waals surface area contributed by atoms with Gasteiger partial charge in [-0.15, -0.1) is 0 Å². The molecule has 0 aromatic heterocycles. The third-order valence-electron chi connectivity index (χ3n) is 4.32. The van der Waals surface area contributed by atoms with Crippen molar-refractivity contribution < 1.29 is 0 Å². The van der Waals surface area contributed by atoms with Crippen molar-refractivity contribution in [3.8, 4) is 0 Å². The average molecular weight is 248 g/mol. The maximum absolute atomic E-state index is 4.36. The van der Waals surface area contributed by atoms with E-state index >= 15 is 0 Å². The Kier molecular flexibility index (Phi) is 5.64. The van der Waals surface area contributed by atoms with E-state index in [1.807, 2.05) is 13.1 Å². The zero-order chi connectivity index (χ0) is 13.7. The molecule has 1 rings (SSSR count). The molecule has 0 aromatic carbocycles. The molecule has 1 fully saturated rings. The minimum absolute atomic E-state index is 0.607. The van der Waals surface area contributed by atoms with E-state index in [1.165, 1.54) is 12.0 Å². The van der Waals surface area contributed by atoms with Crippen LogP contribution in [0.3, 0.4) is 0 Å². The third kappa shape index (κ3) is 3.72. The Morgan fingerprint density at radius 3 is 2.28 bits per heavy atom. The van der Waals surface area contributed by atoms with Crippen LogP contribution in [0.25, 0.3) is 0 Å². The predicted octanol–water partition coefficient (Wildman–Crippen LogP) is 4.15. The lowest BCUT2D eigenvalue weighted by Crippen LogP contribution is -2.28. The summed E-state index contributed by atoms with van der Waals surface area (Å²) in [7, 11) is 0. The van der Waals surface area contributed by atoms with Crippen LogP contribution in [0.4, 0.5) is 0 Å². The molecule has 0 amide bonds. The molecule has 0 heterocycles. The molecule has 4 unspecified atom stereocenters. The fourth-order valence-electron chi connectivity index (χ4n) is 2.66. The van der Waals surface area contributed by atoms with Crippen molar-refractivity contribution in [2.45, 2.75) is 54.0 Å². The van der Waals surface area contributed by atoms with Crippen molar-refractivity contribution in [2.75, 3.05) is 0 Å². The average Bonchev–Trinajstić information content (AvgIpc) is 2.56. The molecular formula is C16H28N2. The Balaban J connectivity index is 2.58. The molecular weight excluding hydrogens is 220 g/mol. The lowest BCUT2D eigenvalue weighted by Gasteiger charge is -2.18. The minimum Gasteiger partial charge on any atom is -0.388 e. The Hall–Kier alpha value is -1.05. The van der Waals surface area contributed by atoms with Gasteiger partial charge in [-0.2, -0.15) is 0 Å².